The topological polar surface area (TPSA) is 175 Å². The molecule has 314 valence electrons. The lowest BCUT2D eigenvalue weighted by molar-refractivity contribution is -0.136. The van der Waals surface area contributed by atoms with Crippen molar-refractivity contribution in [2.24, 2.45) is 11.8 Å². The summed E-state index contributed by atoms with van der Waals surface area (Å²) in [6, 6.07) is 19.2. The van der Waals surface area contributed by atoms with E-state index in [2.05, 4.69) is 75.4 Å². The van der Waals surface area contributed by atoms with Gasteiger partial charge < -0.3 is 39.9 Å². The zero-order valence-corrected chi connectivity index (χ0v) is 35.8. The van der Waals surface area contributed by atoms with Gasteiger partial charge in [-0.1, -0.05) is 64.1 Å². The van der Waals surface area contributed by atoms with Crippen molar-refractivity contribution in [3.8, 4) is 11.1 Å². The molecular weight excluding hydrogens is 781 g/mol. The predicted octanol–water partition coefficient (Wildman–Crippen LogP) is 7.84. The standard InChI is InChI=1S/C45H52N8O6S/c1-23(2)36(50-44(56)58-5)42(54)52-18-8-9-34(52)40-46-32-16-12-27-19-25(10-14-30(27)38(32)48-40)26-11-15-31-28(20-26)13-17-33-39(31)49-41(47-33)35-21-29(60-7)22-53(35)43(55)37(24(3)4)51-45(57)59-6/h10-17,19-20,23-24,29,34-37H,8-9,18,21-22H2,1-7H3,(H,46,48)(H,47,49)(H,50,56)(H,51,57)/t29-,34-,35-,36-,37-/m0/s1. The molecule has 4 amide bonds. The molecule has 4 heterocycles. The van der Waals surface area contributed by atoms with E-state index in [-0.39, 0.29) is 41.0 Å². The highest BCUT2D eigenvalue weighted by molar-refractivity contribution is 7.99. The highest BCUT2D eigenvalue weighted by Crippen LogP contribution is 2.39. The number of ether oxygens (including phenoxy) is 2. The molecule has 2 aromatic heterocycles. The first-order valence-electron chi connectivity index (χ1n) is 20.6. The van der Waals surface area contributed by atoms with E-state index in [0.717, 1.165) is 85.6 Å². The number of H-pyrrole nitrogens is 2. The molecule has 0 spiro atoms. The second-order valence-electron chi connectivity index (χ2n) is 16.5. The Morgan fingerprint density at radius 3 is 1.70 bits per heavy atom. The number of likely N-dealkylation sites (tertiary alicyclic amines) is 2. The van der Waals surface area contributed by atoms with Gasteiger partial charge in [-0.25, -0.2) is 19.6 Å². The Hall–Kier alpha value is -5.83. The Labute approximate surface area is 352 Å². The minimum Gasteiger partial charge on any atom is -0.453 e. The maximum absolute atomic E-state index is 14.0. The lowest BCUT2D eigenvalue weighted by atomic mass is 9.98. The van der Waals surface area contributed by atoms with Crippen LogP contribution in [0.3, 0.4) is 0 Å². The van der Waals surface area contributed by atoms with Gasteiger partial charge >= 0.3 is 12.2 Å². The molecule has 2 fully saturated rings. The number of hydrogen-bond donors (Lipinski definition) is 4. The Morgan fingerprint density at radius 1 is 0.717 bits per heavy atom. The van der Waals surface area contributed by atoms with E-state index in [4.69, 9.17) is 19.4 Å². The molecule has 0 unspecified atom stereocenters. The zero-order valence-electron chi connectivity index (χ0n) is 35.0. The third-order valence-corrected chi connectivity index (χ3v) is 13.2. The number of methoxy groups -OCH3 is 2. The first-order valence-corrected chi connectivity index (χ1v) is 21.9. The molecule has 2 aliphatic heterocycles. The largest absolute Gasteiger partial charge is 0.453 e. The van der Waals surface area contributed by atoms with Gasteiger partial charge in [-0.05, 0) is 83.5 Å². The summed E-state index contributed by atoms with van der Waals surface area (Å²) in [4.78, 5) is 72.8. The number of nitrogens with one attached hydrogen (secondary N) is 4. The van der Waals surface area contributed by atoms with E-state index in [1.165, 1.54) is 14.2 Å². The maximum Gasteiger partial charge on any atom is 0.407 e. The number of aromatic nitrogens is 4. The summed E-state index contributed by atoms with van der Waals surface area (Å²) in [6.45, 7) is 8.80. The van der Waals surface area contributed by atoms with E-state index in [1.54, 1.807) is 11.8 Å². The molecule has 6 aromatic rings. The molecule has 14 nitrogen and oxygen atoms in total. The first-order chi connectivity index (χ1) is 28.9. The van der Waals surface area contributed by atoms with Crippen LogP contribution in [0.4, 0.5) is 9.59 Å². The number of rotatable bonds is 10. The summed E-state index contributed by atoms with van der Waals surface area (Å²) in [5, 5.41) is 9.89. The number of thioether (sulfide) groups is 1. The zero-order chi connectivity index (χ0) is 42.4. The maximum atomic E-state index is 14.0. The molecule has 0 aliphatic carbocycles. The Kier molecular flexibility index (Phi) is 11.4. The first kappa shape index (κ1) is 40.9. The third kappa shape index (κ3) is 7.59. The van der Waals surface area contributed by atoms with Crippen molar-refractivity contribution in [2.45, 2.75) is 76.4 Å². The van der Waals surface area contributed by atoms with Crippen molar-refractivity contribution in [1.82, 2.24) is 40.4 Å². The van der Waals surface area contributed by atoms with Gasteiger partial charge in [0, 0.05) is 29.1 Å². The van der Waals surface area contributed by atoms with E-state index in [0.29, 0.717) is 13.1 Å². The van der Waals surface area contributed by atoms with Crippen molar-refractivity contribution >= 4 is 79.4 Å². The molecule has 4 aromatic carbocycles. The summed E-state index contributed by atoms with van der Waals surface area (Å²) < 4.78 is 9.62. The number of carbonyl (C=O) groups is 4. The van der Waals surface area contributed by atoms with E-state index < -0.39 is 24.3 Å². The number of fused-ring (bicyclic) bond motifs is 6. The summed E-state index contributed by atoms with van der Waals surface area (Å²) in [5.74, 6) is 0.946. The van der Waals surface area contributed by atoms with Crippen LogP contribution in [0.5, 0.6) is 0 Å². The molecular formula is C45H52N8O6S. The molecule has 60 heavy (non-hydrogen) atoms. The van der Waals surface area contributed by atoms with Gasteiger partial charge in [-0.2, -0.15) is 11.8 Å². The molecule has 0 radical (unpaired) electrons. The van der Waals surface area contributed by atoms with Crippen LogP contribution in [0.25, 0.3) is 54.7 Å². The second-order valence-corrected chi connectivity index (χ2v) is 17.7. The second kappa shape index (κ2) is 16.7. The number of aromatic amines is 2. The van der Waals surface area contributed by atoms with Crippen molar-refractivity contribution in [2.75, 3.05) is 33.6 Å². The van der Waals surface area contributed by atoms with Gasteiger partial charge in [0.15, 0.2) is 0 Å². The van der Waals surface area contributed by atoms with Crippen LogP contribution in [-0.2, 0) is 19.1 Å². The number of benzene rings is 4. The van der Waals surface area contributed by atoms with Crippen LogP contribution < -0.4 is 10.6 Å². The summed E-state index contributed by atoms with van der Waals surface area (Å²) in [5.41, 5.74) is 5.64. The monoisotopic (exact) mass is 832 g/mol. The van der Waals surface area contributed by atoms with Crippen LogP contribution >= 0.6 is 11.8 Å². The fourth-order valence-corrected chi connectivity index (χ4v) is 9.56. The number of nitrogens with zero attached hydrogens (tertiary/aromatic N) is 4. The Bertz CT molecular complexity index is 2620. The fourth-order valence-electron chi connectivity index (χ4n) is 8.87. The Balaban J connectivity index is 1.06. The van der Waals surface area contributed by atoms with Crippen LogP contribution in [-0.4, -0.2) is 105 Å². The highest BCUT2D eigenvalue weighted by atomic mass is 32.2. The average Bonchev–Trinajstić information content (AvgIpc) is 4.08. The molecule has 8 rings (SSSR count). The molecule has 5 atom stereocenters. The number of alkyl carbamates (subject to hydrolysis) is 2. The van der Waals surface area contributed by atoms with Crippen LogP contribution in [0, 0.1) is 11.8 Å². The number of amides is 4. The smallest absolute Gasteiger partial charge is 0.407 e. The lowest BCUT2D eigenvalue weighted by Gasteiger charge is -2.30. The van der Waals surface area contributed by atoms with Crippen molar-refractivity contribution < 1.29 is 28.7 Å². The van der Waals surface area contributed by atoms with Crippen molar-refractivity contribution in [3.05, 3.63) is 72.3 Å². The number of imidazole rings is 2. The van der Waals surface area contributed by atoms with Crippen LogP contribution in [0.15, 0.2) is 60.7 Å². The van der Waals surface area contributed by atoms with Gasteiger partial charge in [0.1, 0.15) is 23.7 Å². The normalized spacial score (nSPS) is 19.2. The number of carbonyl (C=O) groups excluding carboxylic acids is 4. The van der Waals surface area contributed by atoms with Crippen molar-refractivity contribution in [3.63, 3.8) is 0 Å². The fraction of sp³-hybridized carbons (Fsp3) is 0.422. The minimum atomic E-state index is -0.718. The average molecular weight is 833 g/mol. The molecule has 15 heteroatoms. The predicted molar refractivity (Wildman–Crippen MR) is 235 cm³/mol. The Morgan fingerprint density at radius 2 is 1.22 bits per heavy atom. The van der Waals surface area contributed by atoms with Gasteiger partial charge in [0.05, 0.1) is 48.4 Å². The van der Waals surface area contributed by atoms with Crippen LogP contribution in [0.1, 0.15) is 70.7 Å². The minimum absolute atomic E-state index is 0.115. The molecule has 0 bridgehead atoms. The van der Waals surface area contributed by atoms with Crippen molar-refractivity contribution in [1.29, 1.82) is 0 Å². The summed E-state index contributed by atoms with van der Waals surface area (Å²) in [6.07, 6.45) is 3.17. The number of hydrogen-bond acceptors (Lipinski definition) is 9. The molecule has 2 saturated heterocycles. The third-order valence-electron chi connectivity index (χ3n) is 12.1. The van der Waals surface area contributed by atoms with E-state index in [9.17, 15) is 19.2 Å². The molecule has 2 aliphatic rings. The van der Waals surface area contributed by atoms with Gasteiger partial charge in [-0.3, -0.25) is 9.59 Å². The van der Waals surface area contributed by atoms with Crippen LogP contribution in [0.2, 0.25) is 0 Å². The molecule has 4 N–H and O–H groups in total. The highest BCUT2D eigenvalue weighted by Gasteiger charge is 2.42. The van der Waals surface area contributed by atoms with Gasteiger partial charge in [-0.15, -0.1) is 0 Å². The van der Waals surface area contributed by atoms with Gasteiger partial charge in [0.25, 0.3) is 0 Å². The SMILES string of the molecule is COC(=O)N[C@H](C(=O)N1CCC[C@H]1c1nc2ccc3cc(-c4ccc5c(ccc6nc([C@@H]7C[C@H](SC)CN7C(=O)[C@@H](NC(=O)OC)C(C)C)[nH]c65)c4)ccc3c2[nH]1)C(C)C. The van der Waals surface area contributed by atoms with E-state index in [1.807, 2.05) is 49.6 Å². The van der Waals surface area contributed by atoms with E-state index >= 15 is 0 Å². The molecule has 0 saturated carbocycles. The lowest BCUT2D eigenvalue weighted by Crippen LogP contribution is -2.51. The summed E-state index contributed by atoms with van der Waals surface area (Å²) >= 11 is 1.73. The van der Waals surface area contributed by atoms with Gasteiger partial charge in [0.2, 0.25) is 11.8 Å². The summed E-state index contributed by atoms with van der Waals surface area (Å²) in [7, 11) is 2.59. The quantitative estimate of drug-likeness (QED) is 0.107.